The molecule has 2 aromatic rings. The summed E-state index contributed by atoms with van der Waals surface area (Å²) in [7, 11) is 0. The third-order valence-corrected chi connectivity index (χ3v) is 3.88. The number of anilines is 1. The molecule has 0 aliphatic carbocycles. The summed E-state index contributed by atoms with van der Waals surface area (Å²) in [6.45, 7) is 0.0461. The number of Topliss-reactive ketones (excluding diaryl/α,β-unsaturated/α-hetero) is 1. The van der Waals surface area contributed by atoms with Crippen LogP contribution in [0.2, 0.25) is 0 Å². The summed E-state index contributed by atoms with van der Waals surface area (Å²) < 4.78 is 0.682. The van der Waals surface area contributed by atoms with Crippen LogP contribution >= 0.6 is 11.3 Å². The number of aromatic carboxylic acids is 1. The Morgan fingerprint density at radius 1 is 1.37 bits per heavy atom. The number of benzene rings is 1. The van der Waals surface area contributed by atoms with Crippen molar-refractivity contribution in [3.63, 3.8) is 0 Å². The molecule has 1 aromatic heterocycles. The van der Waals surface area contributed by atoms with Crippen LogP contribution in [-0.4, -0.2) is 34.3 Å². The summed E-state index contributed by atoms with van der Waals surface area (Å²) in [6, 6.07) is 4.58. The van der Waals surface area contributed by atoms with Gasteiger partial charge in [0, 0.05) is 0 Å². The number of carbonyl (C=O) groups excluding carboxylic acids is 2. The minimum Gasteiger partial charge on any atom is -0.478 e. The highest BCUT2D eigenvalue weighted by Gasteiger charge is 2.30. The second kappa shape index (κ2) is 4.13. The molecule has 1 aliphatic heterocycles. The number of carbonyl (C=O) groups is 3. The van der Waals surface area contributed by atoms with Crippen LogP contribution in [-0.2, 0) is 9.59 Å². The summed E-state index contributed by atoms with van der Waals surface area (Å²) in [5, 5.41) is 9.35. The van der Waals surface area contributed by atoms with Gasteiger partial charge in [0.2, 0.25) is 5.91 Å². The van der Waals surface area contributed by atoms with Gasteiger partial charge in [0.05, 0.1) is 28.7 Å². The number of nitrogens with zero attached hydrogens (tertiary/aromatic N) is 2. The molecule has 0 atom stereocenters. The molecule has 6 nitrogen and oxygen atoms in total. The van der Waals surface area contributed by atoms with Crippen molar-refractivity contribution in [3.05, 3.63) is 23.8 Å². The van der Waals surface area contributed by atoms with Crippen LogP contribution in [0.5, 0.6) is 0 Å². The quantitative estimate of drug-likeness (QED) is 0.835. The van der Waals surface area contributed by atoms with E-state index in [0.717, 1.165) is 0 Å². The zero-order valence-electron chi connectivity index (χ0n) is 9.62. The fraction of sp³-hybridized carbons (Fsp3) is 0.167. The average molecular weight is 276 g/mol. The Balaban J connectivity index is 2.04. The lowest BCUT2D eigenvalue weighted by Crippen LogP contribution is -2.24. The van der Waals surface area contributed by atoms with Gasteiger partial charge in [-0.25, -0.2) is 9.78 Å². The first-order valence-corrected chi connectivity index (χ1v) is 6.32. The molecule has 0 unspecified atom stereocenters. The van der Waals surface area contributed by atoms with Gasteiger partial charge in [-0.15, -0.1) is 0 Å². The van der Waals surface area contributed by atoms with Gasteiger partial charge in [0.15, 0.2) is 10.9 Å². The van der Waals surface area contributed by atoms with Crippen molar-refractivity contribution in [2.24, 2.45) is 0 Å². The molecule has 0 bridgehead atoms. The number of thiazole rings is 1. The van der Waals surface area contributed by atoms with Crippen molar-refractivity contribution < 1.29 is 19.5 Å². The summed E-state index contributed by atoms with van der Waals surface area (Å²) in [5.74, 6) is -1.40. The molecular formula is C12H8N2O4S. The Hall–Kier alpha value is -2.28. The smallest absolute Gasteiger partial charge is 0.335 e. The Morgan fingerprint density at radius 3 is 2.79 bits per heavy atom. The molecule has 1 aromatic carbocycles. The Bertz CT molecular complexity index is 722. The van der Waals surface area contributed by atoms with Gasteiger partial charge in [-0.05, 0) is 18.2 Å². The Labute approximate surface area is 111 Å². The van der Waals surface area contributed by atoms with E-state index in [9.17, 15) is 14.4 Å². The van der Waals surface area contributed by atoms with E-state index in [0.29, 0.717) is 15.3 Å². The van der Waals surface area contributed by atoms with E-state index in [1.807, 2.05) is 0 Å². The lowest BCUT2D eigenvalue weighted by Gasteiger charge is -2.08. The van der Waals surface area contributed by atoms with Crippen LogP contribution in [0.4, 0.5) is 5.13 Å². The molecule has 7 heteroatoms. The zero-order chi connectivity index (χ0) is 13.6. The van der Waals surface area contributed by atoms with E-state index < -0.39 is 5.97 Å². The van der Waals surface area contributed by atoms with E-state index in [1.54, 1.807) is 6.07 Å². The van der Waals surface area contributed by atoms with E-state index in [-0.39, 0.29) is 30.2 Å². The standard InChI is InChI=1S/C12H8N2O4S/c15-7-4-10(16)14(5-7)12-13-8-2-1-6(11(17)18)3-9(8)19-12/h1-3H,4-5H2,(H,17,18). The van der Waals surface area contributed by atoms with Gasteiger partial charge in [-0.2, -0.15) is 0 Å². The van der Waals surface area contributed by atoms with Gasteiger partial charge >= 0.3 is 5.97 Å². The summed E-state index contributed by atoms with van der Waals surface area (Å²) in [6.07, 6.45) is -0.0870. The maximum Gasteiger partial charge on any atom is 0.335 e. The van der Waals surface area contributed by atoms with Crippen molar-refractivity contribution in [2.45, 2.75) is 6.42 Å². The highest BCUT2D eigenvalue weighted by Crippen LogP contribution is 2.31. The van der Waals surface area contributed by atoms with Gasteiger partial charge < -0.3 is 5.11 Å². The molecule has 3 rings (SSSR count). The monoisotopic (exact) mass is 276 g/mol. The van der Waals surface area contributed by atoms with Crippen LogP contribution in [0.25, 0.3) is 10.2 Å². The zero-order valence-corrected chi connectivity index (χ0v) is 10.4. The first-order chi connectivity index (χ1) is 9.04. The predicted octanol–water partition coefficient (Wildman–Crippen LogP) is 1.30. The van der Waals surface area contributed by atoms with Crippen LogP contribution in [0.3, 0.4) is 0 Å². The number of carboxylic acid groups (broad SMARTS) is 1. The summed E-state index contributed by atoms with van der Waals surface area (Å²) in [4.78, 5) is 39.3. The first kappa shape index (κ1) is 11.8. The summed E-state index contributed by atoms with van der Waals surface area (Å²) >= 11 is 1.21. The molecular weight excluding hydrogens is 268 g/mol. The first-order valence-electron chi connectivity index (χ1n) is 5.50. The van der Waals surface area contributed by atoms with Crippen LogP contribution in [0.15, 0.2) is 18.2 Å². The second-order valence-corrected chi connectivity index (χ2v) is 5.19. The number of hydrogen-bond donors (Lipinski definition) is 1. The highest BCUT2D eigenvalue weighted by molar-refractivity contribution is 7.22. The van der Waals surface area contributed by atoms with Crippen molar-refractivity contribution in [2.75, 3.05) is 11.4 Å². The predicted molar refractivity (Wildman–Crippen MR) is 68.6 cm³/mol. The molecule has 2 heterocycles. The Morgan fingerprint density at radius 2 is 2.16 bits per heavy atom. The van der Waals surface area contributed by atoms with Crippen molar-refractivity contribution >= 4 is 44.3 Å². The lowest BCUT2D eigenvalue weighted by molar-refractivity contribution is -0.121. The number of carboxylic acids is 1. The van der Waals surface area contributed by atoms with E-state index >= 15 is 0 Å². The third kappa shape index (κ3) is 1.97. The maximum atomic E-state index is 11.6. The third-order valence-electron chi connectivity index (χ3n) is 2.84. The SMILES string of the molecule is O=C1CC(=O)N(c2nc3ccc(C(=O)O)cc3s2)C1. The van der Waals surface area contributed by atoms with Crippen molar-refractivity contribution in [1.29, 1.82) is 0 Å². The van der Waals surface area contributed by atoms with Gasteiger partial charge in [0.1, 0.15) is 0 Å². The van der Waals surface area contributed by atoms with Gasteiger partial charge in [-0.3, -0.25) is 14.5 Å². The number of ketones is 1. The fourth-order valence-electron chi connectivity index (χ4n) is 1.92. The van der Waals surface area contributed by atoms with E-state index in [4.69, 9.17) is 5.11 Å². The molecule has 0 saturated carbocycles. The Kier molecular flexibility index (Phi) is 2.56. The van der Waals surface area contributed by atoms with E-state index in [2.05, 4.69) is 4.98 Å². The molecule has 1 fully saturated rings. The van der Waals surface area contributed by atoms with Crippen LogP contribution in [0.1, 0.15) is 16.8 Å². The molecule has 1 aliphatic rings. The van der Waals surface area contributed by atoms with Crippen molar-refractivity contribution in [3.8, 4) is 0 Å². The molecule has 0 spiro atoms. The van der Waals surface area contributed by atoms with Crippen molar-refractivity contribution in [1.82, 2.24) is 4.98 Å². The highest BCUT2D eigenvalue weighted by atomic mass is 32.1. The molecule has 96 valence electrons. The largest absolute Gasteiger partial charge is 0.478 e. The normalized spacial score (nSPS) is 15.5. The second-order valence-electron chi connectivity index (χ2n) is 4.18. The molecule has 19 heavy (non-hydrogen) atoms. The minimum absolute atomic E-state index is 0.0461. The number of amides is 1. The van der Waals surface area contributed by atoms with Crippen LogP contribution in [0, 0.1) is 0 Å². The maximum absolute atomic E-state index is 11.6. The molecule has 1 saturated heterocycles. The average Bonchev–Trinajstić information content (AvgIpc) is 2.90. The topological polar surface area (TPSA) is 87.6 Å². The number of fused-ring (bicyclic) bond motifs is 1. The van der Waals surface area contributed by atoms with Gasteiger partial charge in [-0.1, -0.05) is 11.3 Å². The number of hydrogen-bond acceptors (Lipinski definition) is 5. The molecule has 0 radical (unpaired) electrons. The summed E-state index contributed by atoms with van der Waals surface area (Å²) in [5.41, 5.74) is 0.795. The van der Waals surface area contributed by atoms with Gasteiger partial charge in [0.25, 0.3) is 0 Å². The van der Waals surface area contributed by atoms with Crippen LogP contribution < -0.4 is 4.90 Å². The molecule has 1 N–H and O–H groups in total. The lowest BCUT2D eigenvalue weighted by atomic mass is 10.2. The number of rotatable bonds is 2. The fourth-order valence-corrected chi connectivity index (χ4v) is 2.94. The van der Waals surface area contributed by atoms with E-state index in [1.165, 1.54) is 28.4 Å². The molecule has 1 amide bonds. The number of aromatic nitrogens is 1. The minimum atomic E-state index is -1.01.